The zero-order valence-electron chi connectivity index (χ0n) is 12.8. The molecule has 0 N–H and O–H groups in total. The molecule has 1 unspecified atom stereocenters. The second-order valence-electron chi connectivity index (χ2n) is 6.62. The quantitative estimate of drug-likeness (QED) is 0.765. The van der Waals surface area contributed by atoms with Crippen LogP contribution in [0.5, 0.6) is 0 Å². The van der Waals surface area contributed by atoms with Crippen molar-refractivity contribution in [1.82, 2.24) is 4.90 Å². The molecule has 0 radical (unpaired) electrons. The number of rotatable bonds is 3. The molecular weight excluding hydrogens is 293 g/mol. The normalized spacial score (nSPS) is 38.6. The van der Waals surface area contributed by atoms with Gasteiger partial charge in [0.15, 0.2) is 0 Å². The van der Waals surface area contributed by atoms with Crippen molar-refractivity contribution in [2.75, 3.05) is 21.2 Å². The molecule has 0 aromatic heterocycles. The maximum Gasteiger partial charge on any atom is 0.0726 e. The van der Waals surface area contributed by atoms with Crippen LogP contribution < -0.4 is 0 Å². The molecule has 2 nitrogen and oxygen atoms in total. The third-order valence-corrected chi connectivity index (χ3v) is 5.43. The molecule has 0 aromatic rings. The molecule has 1 fully saturated rings. The fourth-order valence-electron chi connectivity index (χ4n) is 3.77. The molecule has 114 valence electrons. The van der Waals surface area contributed by atoms with Crippen molar-refractivity contribution in [2.24, 2.45) is 11.3 Å². The van der Waals surface area contributed by atoms with Crippen LogP contribution in [0.1, 0.15) is 32.6 Å². The minimum atomic E-state index is 0.0654. The fourth-order valence-corrected chi connectivity index (χ4v) is 4.61. The smallest absolute Gasteiger partial charge is 0.0726 e. The molecule has 0 saturated heterocycles. The van der Waals surface area contributed by atoms with Crippen LogP contribution in [0.3, 0.4) is 0 Å². The second kappa shape index (κ2) is 6.39. The summed E-state index contributed by atoms with van der Waals surface area (Å²) in [5, 5.41) is 1.65. The Morgan fingerprint density at radius 3 is 2.55 bits per heavy atom. The third-order valence-electron chi connectivity index (χ3n) is 4.97. The van der Waals surface area contributed by atoms with Gasteiger partial charge < -0.3 is 9.64 Å². The van der Waals surface area contributed by atoms with Crippen molar-refractivity contribution in [1.29, 1.82) is 0 Å². The van der Waals surface area contributed by atoms with Gasteiger partial charge in [0.05, 0.1) is 6.10 Å². The molecule has 0 amide bonds. The van der Waals surface area contributed by atoms with E-state index >= 15 is 0 Å². The van der Waals surface area contributed by atoms with Gasteiger partial charge in [-0.25, -0.2) is 0 Å². The lowest BCUT2D eigenvalue weighted by Crippen LogP contribution is -2.47. The van der Waals surface area contributed by atoms with E-state index in [9.17, 15) is 0 Å². The lowest BCUT2D eigenvalue weighted by atomic mass is 9.65. The van der Waals surface area contributed by atoms with Gasteiger partial charge in [0.1, 0.15) is 0 Å². The van der Waals surface area contributed by atoms with Crippen LogP contribution in [0, 0.1) is 11.3 Å². The highest BCUT2D eigenvalue weighted by Gasteiger charge is 2.41. The summed E-state index contributed by atoms with van der Waals surface area (Å²) >= 11 is 12.5. The molecular formula is C16H25Cl2NO. The number of methoxy groups -OCH3 is 1. The van der Waals surface area contributed by atoms with Crippen molar-refractivity contribution < 1.29 is 4.74 Å². The van der Waals surface area contributed by atoms with Gasteiger partial charge in [0.25, 0.3) is 0 Å². The zero-order chi connectivity index (χ0) is 14.9. The summed E-state index contributed by atoms with van der Waals surface area (Å²) in [7, 11) is 6.09. The Labute approximate surface area is 132 Å². The number of allylic oxidation sites excluding steroid dienone is 4. The Morgan fingerprint density at radius 1 is 1.30 bits per heavy atom. The molecule has 2 rings (SSSR count). The molecule has 0 aliphatic heterocycles. The first-order valence-corrected chi connectivity index (χ1v) is 8.05. The molecule has 0 bridgehead atoms. The number of likely N-dealkylation sites (N-methyl/N-ethyl adjacent to an activating group) is 1. The van der Waals surface area contributed by atoms with E-state index in [1.165, 1.54) is 6.42 Å². The number of nitrogens with zero attached hydrogens (tertiary/aromatic N) is 1. The first-order chi connectivity index (χ1) is 9.35. The zero-order valence-corrected chi connectivity index (χ0v) is 14.3. The Kier molecular flexibility index (Phi) is 5.23. The van der Waals surface area contributed by atoms with Crippen LogP contribution in [0.4, 0.5) is 0 Å². The third kappa shape index (κ3) is 3.41. The lowest BCUT2D eigenvalue weighted by molar-refractivity contribution is -0.0238. The summed E-state index contributed by atoms with van der Waals surface area (Å²) in [6.07, 6.45) is 8.70. The van der Waals surface area contributed by atoms with Gasteiger partial charge in [-0.1, -0.05) is 36.2 Å². The van der Waals surface area contributed by atoms with Crippen molar-refractivity contribution in [3.63, 3.8) is 0 Å². The standard InChI is InChI=1S/C16H25Cl2NO/c1-16(9-12(17)8-13(18)10-16)11-5-6-15(20-4)14(7-11)19(2)3/h8-9,11,14-15H,5-7,10H2,1-4H3/t11-,14-,15-,16?/m0/s1. The Balaban J connectivity index is 2.16. The molecule has 0 aromatic carbocycles. The monoisotopic (exact) mass is 317 g/mol. The summed E-state index contributed by atoms with van der Waals surface area (Å²) in [5.74, 6) is 0.595. The van der Waals surface area contributed by atoms with Crippen LogP contribution in [-0.4, -0.2) is 38.3 Å². The van der Waals surface area contributed by atoms with Crippen LogP contribution in [0.15, 0.2) is 22.2 Å². The van der Waals surface area contributed by atoms with Crippen LogP contribution in [0.2, 0.25) is 0 Å². The highest BCUT2D eigenvalue weighted by Crippen LogP contribution is 2.48. The summed E-state index contributed by atoms with van der Waals surface area (Å²) in [4.78, 5) is 2.29. The molecule has 0 spiro atoms. The number of hydrogen-bond acceptors (Lipinski definition) is 2. The van der Waals surface area contributed by atoms with E-state index < -0.39 is 0 Å². The van der Waals surface area contributed by atoms with Gasteiger partial charge >= 0.3 is 0 Å². The van der Waals surface area contributed by atoms with Crippen molar-refractivity contribution in [3.05, 3.63) is 22.2 Å². The van der Waals surface area contributed by atoms with Gasteiger partial charge in [-0.3, -0.25) is 0 Å². The first-order valence-electron chi connectivity index (χ1n) is 7.29. The average molecular weight is 318 g/mol. The molecule has 4 heteroatoms. The van der Waals surface area contributed by atoms with Gasteiger partial charge in [0, 0.05) is 23.2 Å². The Morgan fingerprint density at radius 2 is 2.00 bits per heavy atom. The van der Waals surface area contributed by atoms with Crippen LogP contribution >= 0.6 is 23.2 Å². The second-order valence-corrected chi connectivity index (χ2v) is 7.54. The van der Waals surface area contributed by atoms with E-state index in [1.54, 1.807) is 0 Å². The SMILES string of the molecule is CO[C@H]1CC[C@H](C2(C)C=C(Cl)C=C(Cl)C2)C[C@@H]1N(C)C. The van der Waals surface area contributed by atoms with Gasteiger partial charge in [0.2, 0.25) is 0 Å². The minimum absolute atomic E-state index is 0.0654. The maximum atomic E-state index is 6.27. The Hall–Kier alpha value is -0.0200. The van der Waals surface area contributed by atoms with Crippen molar-refractivity contribution in [3.8, 4) is 0 Å². The fraction of sp³-hybridized carbons (Fsp3) is 0.750. The van der Waals surface area contributed by atoms with Gasteiger partial charge in [-0.2, -0.15) is 0 Å². The number of ether oxygens (including phenoxy) is 1. The van der Waals surface area contributed by atoms with Crippen molar-refractivity contribution >= 4 is 23.2 Å². The van der Waals surface area contributed by atoms with E-state index in [0.717, 1.165) is 29.3 Å². The molecule has 2 aliphatic rings. The van der Waals surface area contributed by atoms with E-state index in [1.807, 2.05) is 13.2 Å². The van der Waals surface area contributed by atoms with E-state index in [4.69, 9.17) is 27.9 Å². The molecule has 4 atom stereocenters. The highest BCUT2D eigenvalue weighted by molar-refractivity contribution is 6.35. The van der Waals surface area contributed by atoms with Crippen molar-refractivity contribution in [2.45, 2.75) is 44.8 Å². The Bertz CT molecular complexity index is 419. The van der Waals surface area contributed by atoms with Crippen LogP contribution in [0.25, 0.3) is 0 Å². The molecule has 1 saturated carbocycles. The topological polar surface area (TPSA) is 12.5 Å². The maximum absolute atomic E-state index is 6.27. The van der Waals surface area contributed by atoms with E-state index in [0.29, 0.717) is 18.1 Å². The molecule has 2 aliphatic carbocycles. The predicted molar refractivity (Wildman–Crippen MR) is 86.2 cm³/mol. The largest absolute Gasteiger partial charge is 0.380 e. The summed E-state index contributed by atoms with van der Waals surface area (Å²) < 4.78 is 5.66. The lowest BCUT2D eigenvalue weighted by Gasteiger charge is -2.46. The minimum Gasteiger partial charge on any atom is -0.380 e. The summed E-state index contributed by atoms with van der Waals surface area (Å²) in [6, 6.07) is 0.465. The predicted octanol–water partition coefficient (Wildman–Crippen LogP) is 4.39. The first kappa shape index (κ1) is 16.4. The van der Waals surface area contributed by atoms with E-state index in [-0.39, 0.29) is 5.41 Å². The van der Waals surface area contributed by atoms with E-state index in [2.05, 4.69) is 32.0 Å². The highest BCUT2D eigenvalue weighted by atomic mass is 35.5. The number of hydrogen-bond donors (Lipinski definition) is 0. The van der Waals surface area contributed by atoms with Gasteiger partial charge in [-0.05, 0) is 57.2 Å². The summed E-state index contributed by atoms with van der Waals surface area (Å²) in [5.41, 5.74) is 0.0654. The molecule has 0 heterocycles. The van der Waals surface area contributed by atoms with Gasteiger partial charge in [-0.15, -0.1) is 0 Å². The van der Waals surface area contributed by atoms with Crippen LogP contribution in [-0.2, 0) is 4.74 Å². The molecule has 20 heavy (non-hydrogen) atoms. The average Bonchev–Trinajstić information content (AvgIpc) is 2.36. The summed E-state index contributed by atoms with van der Waals surface area (Å²) in [6.45, 7) is 2.29. The number of halogens is 2.